The molecule has 0 aliphatic carbocycles. The van der Waals surface area contributed by atoms with E-state index < -0.39 is 0 Å². The van der Waals surface area contributed by atoms with Crippen LogP contribution in [0.3, 0.4) is 0 Å². The Hall–Kier alpha value is -2.59. The zero-order valence-corrected chi connectivity index (χ0v) is 14.0. The highest BCUT2D eigenvalue weighted by molar-refractivity contribution is 6.30. The number of amides is 1. The fourth-order valence-corrected chi connectivity index (χ4v) is 2.84. The summed E-state index contributed by atoms with van der Waals surface area (Å²) < 4.78 is 0. The number of nitrogens with zero attached hydrogens (tertiary/aromatic N) is 1. The summed E-state index contributed by atoms with van der Waals surface area (Å²) in [4.78, 5) is 29.1. The summed E-state index contributed by atoms with van der Waals surface area (Å²) in [7, 11) is 0. The van der Waals surface area contributed by atoms with Crippen molar-refractivity contribution in [3.8, 4) is 0 Å². The first kappa shape index (κ1) is 16.3. The van der Waals surface area contributed by atoms with Crippen LogP contribution < -0.4 is 5.56 Å². The van der Waals surface area contributed by atoms with Crippen molar-refractivity contribution in [2.45, 2.75) is 13.5 Å². The van der Waals surface area contributed by atoms with Crippen molar-refractivity contribution < 1.29 is 4.79 Å². The van der Waals surface area contributed by atoms with Crippen LogP contribution in [-0.2, 0) is 6.54 Å². The standard InChI is InChI=1S/C19H17ClN2O2/c1-2-22(19(24)13-7-9-15(20)10-8-13)12-14-11-18(23)21-17-6-4-3-5-16(14)17/h3-11H,2,12H2,1H3,(H,21,23). The lowest BCUT2D eigenvalue weighted by Gasteiger charge is -2.22. The van der Waals surface area contributed by atoms with Gasteiger partial charge < -0.3 is 9.88 Å². The van der Waals surface area contributed by atoms with Gasteiger partial charge in [-0.3, -0.25) is 9.59 Å². The van der Waals surface area contributed by atoms with Crippen LogP contribution in [0.2, 0.25) is 5.02 Å². The van der Waals surface area contributed by atoms with Crippen molar-refractivity contribution in [2.24, 2.45) is 0 Å². The number of aromatic amines is 1. The molecule has 0 fully saturated rings. The fourth-order valence-electron chi connectivity index (χ4n) is 2.72. The second-order valence-corrected chi connectivity index (χ2v) is 5.97. The van der Waals surface area contributed by atoms with E-state index in [1.54, 1.807) is 35.2 Å². The van der Waals surface area contributed by atoms with Gasteiger partial charge in [-0.05, 0) is 42.8 Å². The molecule has 1 amide bonds. The molecule has 1 N–H and O–H groups in total. The van der Waals surface area contributed by atoms with Gasteiger partial charge in [0.05, 0.1) is 0 Å². The fraction of sp³-hybridized carbons (Fsp3) is 0.158. The van der Waals surface area contributed by atoms with Crippen LogP contribution >= 0.6 is 11.6 Å². The van der Waals surface area contributed by atoms with E-state index in [0.717, 1.165) is 16.5 Å². The number of hydrogen-bond acceptors (Lipinski definition) is 2. The van der Waals surface area contributed by atoms with E-state index in [9.17, 15) is 9.59 Å². The molecule has 4 nitrogen and oxygen atoms in total. The van der Waals surface area contributed by atoms with Crippen LogP contribution in [0.1, 0.15) is 22.8 Å². The minimum atomic E-state index is -0.168. The number of benzene rings is 2. The lowest BCUT2D eigenvalue weighted by atomic mass is 10.1. The smallest absolute Gasteiger partial charge is 0.254 e. The zero-order chi connectivity index (χ0) is 17.1. The molecule has 122 valence electrons. The molecule has 0 radical (unpaired) electrons. The van der Waals surface area contributed by atoms with Gasteiger partial charge in [0.15, 0.2) is 0 Å². The normalized spacial score (nSPS) is 10.8. The summed E-state index contributed by atoms with van der Waals surface area (Å²) in [6.07, 6.45) is 0. The number of para-hydroxylation sites is 1. The predicted octanol–water partition coefficient (Wildman–Crippen LogP) is 3.84. The third-order valence-corrected chi connectivity index (χ3v) is 4.21. The molecule has 1 heterocycles. The molecule has 0 aliphatic heterocycles. The Morgan fingerprint density at radius 1 is 1.12 bits per heavy atom. The molecular weight excluding hydrogens is 324 g/mol. The van der Waals surface area contributed by atoms with Gasteiger partial charge in [-0.25, -0.2) is 0 Å². The van der Waals surface area contributed by atoms with Crippen molar-refractivity contribution in [2.75, 3.05) is 6.54 Å². The van der Waals surface area contributed by atoms with Gasteiger partial charge in [0.2, 0.25) is 5.56 Å². The minimum absolute atomic E-state index is 0.0847. The first-order chi connectivity index (χ1) is 11.6. The van der Waals surface area contributed by atoms with Crippen LogP contribution in [0.15, 0.2) is 59.4 Å². The Balaban J connectivity index is 1.95. The molecule has 0 aliphatic rings. The van der Waals surface area contributed by atoms with Crippen molar-refractivity contribution in [3.63, 3.8) is 0 Å². The second-order valence-electron chi connectivity index (χ2n) is 5.53. The summed E-state index contributed by atoms with van der Waals surface area (Å²) >= 11 is 5.88. The summed E-state index contributed by atoms with van der Waals surface area (Å²) in [5.41, 5.74) is 2.02. The van der Waals surface area contributed by atoms with Gasteiger partial charge in [-0.1, -0.05) is 29.8 Å². The van der Waals surface area contributed by atoms with E-state index in [0.29, 0.717) is 23.7 Å². The number of halogens is 1. The molecule has 0 saturated heterocycles. The third kappa shape index (κ3) is 3.34. The Morgan fingerprint density at radius 2 is 1.83 bits per heavy atom. The summed E-state index contributed by atoms with van der Waals surface area (Å²) in [5.74, 6) is -0.0847. The maximum Gasteiger partial charge on any atom is 0.254 e. The molecular formula is C19H17ClN2O2. The topological polar surface area (TPSA) is 53.2 Å². The lowest BCUT2D eigenvalue weighted by Crippen LogP contribution is -2.30. The molecule has 0 unspecified atom stereocenters. The van der Waals surface area contributed by atoms with E-state index in [1.807, 2.05) is 31.2 Å². The largest absolute Gasteiger partial charge is 0.335 e. The molecule has 0 saturated carbocycles. The number of hydrogen-bond donors (Lipinski definition) is 1. The van der Waals surface area contributed by atoms with Gasteiger partial charge in [-0.2, -0.15) is 0 Å². The van der Waals surface area contributed by atoms with Crippen LogP contribution in [0.4, 0.5) is 0 Å². The Bertz CT molecular complexity index is 932. The first-order valence-electron chi connectivity index (χ1n) is 7.74. The molecule has 1 aromatic heterocycles. The molecule has 24 heavy (non-hydrogen) atoms. The number of H-pyrrole nitrogens is 1. The SMILES string of the molecule is CCN(Cc1cc(=O)[nH]c2ccccc12)C(=O)c1ccc(Cl)cc1. The van der Waals surface area contributed by atoms with Crippen LogP contribution in [0, 0.1) is 0 Å². The van der Waals surface area contributed by atoms with Gasteiger partial charge in [0, 0.05) is 40.6 Å². The molecule has 0 spiro atoms. The molecule has 3 aromatic rings. The zero-order valence-electron chi connectivity index (χ0n) is 13.3. The molecule has 0 bridgehead atoms. The van der Waals surface area contributed by atoms with E-state index in [4.69, 9.17) is 11.6 Å². The van der Waals surface area contributed by atoms with Crippen LogP contribution in [0.25, 0.3) is 10.9 Å². The predicted molar refractivity (Wildman–Crippen MR) is 96.4 cm³/mol. The molecule has 3 rings (SSSR count). The van der Waals surface area contributed by atoms with Gasteiger partial charge in [0.1, 0.15) is 0 Å². The number of pyridine rings is 1. The van der Waals surface area contributed by atoms with Crippen LogP contribution in [-0.4, -0.2) is 22.3 Å². The number of nitrogens with one attached hydrogen (secondary N) is 1. The minimum Gasteiger partial charge on any atom is -0.335 e. The second kappa shape index (κ2) is 6.89. The highest BCUT2D eigenvalue weighted by Gasteiger charge is 2.16. The monoisotopic (exact) mass is 340 g/mol. The van der Waals surface area contributed by atoms with Gasteiger partial charge in [0.25, 0.3) is 5.91 Å². The maximum atomic E-state index is 12.7. The quantitative estimate of drug-likeness (QED) is 0.784. The average Bonchev–Trinajstić information content (AvgIpc) is 2.59. The van der Waals surface area contributed by atoms with Gasteiger partial charge in [-0.15, -0.1) is 0 Å². The third-order valence-electron chi connectivity index (χ3n) is 3.96. The average molecular weight is 341 g/mol. The Kier molecular flexibility index (Phi) is 4.67. The van der Waals surface area contributed by atoms with Crippen LogP contribution in [0.5, 0.6) is 0 Å². The number of carbonyl (C=O) groups is 1. The summed E-state index contributed by atoms with van der Waals surface area (Å²) in [6.45, 7) is 2.84. The van der Waals surface area contributed by atoms with Crippen molar-refractivity contribution in [1.29, 1.82) is 0 Å². The van der Waals surface area contributed by atoms with Crippen molar-refractivity contribution in [1.82, 2.24) is 9.88 Å². The van der Waals surface area contributed by atoms with E-state index in [2.05, 4.69) is 4.98 Å². The van der Waals surface area contributed by atoms with E-state index in [-0.39, 0.29) is 11.5 Å². The van der Waals surface area contributed by atoms with Crippen molar-refractivity contribution >= 4 is 28.4 Å². The Morgan fingerprint density at radius 3 is 2.54 bits per heavy atom. The number of aromatic nitrogens is 1. The summed E-state index contributed by atoms with van der Waals surface area (Å²) in [5, 5.41) is 1.54. The maximum absolute atomic E-state index is 12.7. The van der Waals surface area contributed by atoms with E-state index in [1.165, 1.54) is 0 Å². The molecule has 0 atom stereocenters. The number of carbonyl (C=O) groups excluding carboxylic acids is 1. The lowest BCUT2D eigenvalue weighted by molar-refractivity contribution is 0.0753. The van der Waals surface area contributed by atoms with Gasteiger partial charge >= 0.3 is 0 Å². The molecule has 5 heteroatoms. The van der Waals surface area contributed by atoms with Crippen molar-refractivity contribution in [3.05, 3.63) is 81.1 Å². The first-order valence-corrected chi connectivity index (χ1v) is 8.12. The summed E-state index contributed by atoms with van der Waals surface area (Å²) in [6, 6.07) is 16.0. The highest BCUT2D eigenvalue weighted by Crippen LogP contribution is 2.18. The highest BCUT2D eigenvalue weighted by atomic mass is 35.5. The molecule has 2 aromatic carbocycles. The van der Waals surface area contributed by atoms with E-state index >= 15 is 0 Å². The number of fused-ring (bicyclic) bond motifs is 1. The Labute approximate surface area is 144 Å². The number of rotatable bonds is 4.